The van der Waals surface area contributed by atoms with Crippen molar-refractivity contribution in [2.45, 2.75) is 13.0 Å². The molecule has 0 aliphatic rings. The van der Waals surface area contributed by atoms with Gasteiger partial charge in [-0.25, -0.2) is 9.78 Å². The Hall–Kier alpha value is -3.45. The highest BCUT2D eigenvalue weighted by atomic mass is 32.1. The second kappa shape index (κ2) is 7.66. The summed E-state index contributed by atoms with van der Waals surface area (Å²) < 4.78 is 10.7. The Morgan fingerprint density at radius 3 is 2.64 bits per heavy atom. The number of esters is 1. The van der Waals surface area contributed by atoms with Crippen LogP contribution < -0.4 is 5.32 Å². The first-order valence-corrected chi connectivity index (χ1v) is 9.49. The smallest absolute Gasteiger partial charge is 0.375 e. The molecule has 0 fully saturated rings. The number of benzene rings is 2. The lowest BCUT2D eigenvalue weighted by molar-refractivity contribution is -0.123. The van der Waals surface area contributed by atoms with Crippen LogP contribution in [0.15, 0.2) is 70.5 Å². The second-order valence-electron chi connectivity index (χ2n) is 6.09. The molecule has 1 atom stereocenters. The lowest BCUT2D eigenvalue weighted by Gasteiger charge is -2.11. The molecule has 0 saturated heterocycles. The van der Waals surface area contributed by atoms with Gasteiger partial charge in [0.25, 0.3) is 5.91 Å². The van der Waals surface area contributed by atoms with Crippen LogP contribution in [0.25, 0.3) is 22.2 Å². The van der Waals surface area contributed by atoms with Crippen molar-refractivity contribution in [3.63, 3.8) is 0 Å². The number of ether oxygens (including phenoxy) is 1. The van der Waals surface area contributed by atoms with Gasteiger partial charge in [0.1, 0.15) is 5.58 Å². The Morgan fingerprint density at radius 2 is 1.86 bits per heavy atom. The Bertz CT molecular complexity index is 1100. The molecule has 4 rings (SSSR count). The fraction of sp³-hybridized carbons (Fsp3) is 0.0952. The highest BCUT2D eigenvalue weighted by molar-refractivity contribution is 7.14. The molecule has 0 saturated carbocycles. The van der Waals surface area contributed by atoms with Crippen LogP contribution in [0.5, 0.6) is 0 Å². The second-order valence-corrected chi connectivity index (χ2v) is 6.95. The number of carbonyl (C=O) groups excluding carboxylic acids is 2. The standard InChI is InChI=1S/C21H16N2O4S/c1-13(26-20(25)18-11-15-9-5-6-10-17(15)27-18)19(24)23-21-22-16(12-28-21)14-7-3-2-4-8-14/h2-13H,1H3,(H,22,23,24). The predicted molar refractivity (Wildman–Crippen MR) is 107 cm³/mol. The summed E-state index contributed by atoms with van der Waals surface area (Å²) in [5.74, 6) is -1.09. The van der Waals surface area contributed by atoms with Crippen LogP contribution in [0.2, 0.25) is 0 Å². The average Bonchev–Trinajstić information content (AvgIpc) is 3.35. The van der Waals surface area contributed by atoms with Gasteiger partial charge in [0.15, 0.2) is 11.2 Å². The zero-order valence-corrected chi connectivity index (χ0v) is 15.7. The number of thiazole rings is 1. The van der Waals surface area contributed by atoms with E-state index in [-0.39, 0.29) is 5.76 Å². The first-order chi connectivity index (χ1) is 13.6. The van der Waals surface area contributed by atoms with Crippen LogP contribution in [0.4, 0.5) is 5.13 Å². The maximum absolute atomic E-state index is 12.3. The van der Waals surface area contributed by atoms with E-state index in [9.17, 15) is 9.59 Å². The van der Waals surface area contributed by atoms with Gasteiger partial charge >= 0.3 is 5.97 Å². The number of hydrogen-bond acceptors (Lipinski definition) is 6. The van der Waals surface area contributed by atoms with Crippen molar-refractivity contribution in [2.24, 2.45) is 0 Å². The Balaban J connectivity index is 1.39. The number of hydrogen-bond donors (Lipinski definition) is 1. The number of fused-ring (bicyclic) bond motifs is 1. The molecule has 6 nitrogen and oxygen atoms in total. The van der Waals surface area contributed by atoms with Gasteiger partial charge < -0.3 is 9.15 Å². The van der Waals surface area contributed by atoms with Gasteiger partial charge in [-0.15, -0.1) is 11.3 Å². The summed E-state index contributed by atoms with van der Waals surface area (Å²) >= 11 is 1.31. The SMILES string of the molecule is CC(OC(=O)c1cc2ccccc2o1)C(=O)Nc1nc(-c2ccccc2)cs1. The van der Waals surface area contributed by atoms with E-state index in [1.54, 1.807) is 12.1 Å². The lowest BCUT2D eigenvalue weighted by atomic mass is 10.2. The van der Waals surface area contributed by atoms with Crippen molar-refractivity contribution in [1.82, 2.24) is 4.98 Å². The molecular formula is C21H16N2O4S. The summed E-state index contributed by atoms with van der Waals surface area (Å²) in [5.41, 5.74) is 2.32. The van der Waals surface area contributed by atoms with Gasteiger partial charge in [-0.3, -0.25) is 10.1 Å². The van der Waals surface area contributed by atoms with Crippen LogP contribution in [0, 0.1) is 0 Å². The van der Waals surface area contributed by atoms with E-state index in [0.717, 1.165) is 16.6 Å². The van der Waals surface area contributed by atoms with Gasteiger partial charge in [0, 0.05) is 16.3 Å². The summed E-state index contributed by atoms with van der Waals surface area (Å²) in [7, 11) is 0. The Morgan fingerprint density at radius 1 is 1.11 bits per heavy atom. The monoisotopic (exact) mass is 392 g/mol. The molecule has 2 aromatic heterocycles. The molecule has 140 valence electrons. The van der Waals surface area contributed by atoms with Gasteiger partial charge in [-0.2, -0.15) is 0 Å². The van der Waals surface area contributed by atoms with E-state index in [0.29, 0.717) is 10.7 Å². The van der Waals surface area contributed by atoms with Gasteiger partial charge in [0.2, 0.25) is 5.76 Å². The van der Waals surface area contributed by atoms with Gasteiger partial charge in [-0.1, -0.05) is 48.5 Å². The van der Waals surface area contributed by atoms with Crippen molar-refractivity contribution < 1.29 is 18.7 Å². The number of amides is 1. The van der Waals surface area contributed by atoms with Crippen molar-refractivity contribution >= 4 is 39.3 Å². The van der Waals surface area contributed by atoms with Gasteiger partial charge in [-0.05, 0) is 19.1 Å². The van der Waals surface area contributed by atoms with Crippen LogP contribution in [-0.2, 0) is 9.53 Å². The molecule has 2 heterocycles. The highest BCUT2D eigenvalue weighted by Gasteiger charge is 2.22. The molecule has 2 aromatic carbocycles. The van der Waals surface area contributed by atoms with Crippen molar-refractivity contribution in [1.29, 1.82) is 0 Å². The fourth-order valence-electron chi connectivity index (χ4n) is 2.63. The number of furan rings is 1. The third-order valence-electron chi connectivity index (χ3n) is 4.08. The molecule has 0 aliphatic heterocycles. The quantitative estimate of drug-likeness (QED) is 0.496. The number of nitrogens with one attached hydrogen (secondary N) is 1. The fourth-order valence-corrected chi connectivity index (χ4v) is 3.36. The van der Waals surface area contributed by atoms with E-state index < -0.39 is 18.0 Å². The summed E-state index contributed by atoms with van der Waals surface area (Å²) in [6.07, 6.45) is -0.996. The minimum atomic E-state index is -0.996. The van der Waals surface area contributed by atoms with E-state index in [1.165, 1.54) is 18.3 Å². The number of anilines is 1. The third-order valence-corrected chi connectivity index (χ3v) is 4.84. The summed E-state index contributed by atoms with van der Waals surface area (Å²) in [4.78, 5) is 29.0. The Kier molecular flexibility index (Phi) is 4.90. The van der Waals surface area contributed by atoms with Crippen molar-refractivity contribution in [3.8, 4) is 11.3 Å². The van der Waals surface area contributed by atoms with E-state index in [4.69, 9.17) is 9.15 Å². The summed E-state index contributed by atoms with van der Waals surface area (Å²) in [6.45, 7) is 1.50. The maximum atomic E-state index is 12.3. The van der Waals surface area contributed by atoms with Crippen molar-refractivity contribution in [2.75, 3.05) is 5.32 Å². The predicted octanol–water partition coefficient (Wildman–Crippen LogP) is 4.74. The lowest BCUT2D eigenvalue weighted by Crippen LogP contribution is -2.29. The Labute approximate surface area is 164 Å². The average molecular weight is 392 g/mol. The first kappa shape index (κ1) is 17.9. The molecule has 1 amide bonds. The molecule has 0 aliphatic carbocycles. The third kappa shape index (κ3) is 3.79. The largest absolute Gasteiger partial charge is 0.449 e. The zero-order valence-electron chi connectivity index (χ0n) is 14.9. The summed E-state index contributed by atoms with van der Waals surface area (Å²) in [5, 5.41) is 5.77. The minimum absolute atomic E-state index is 0.0569. The van der Waals surface area contributed by atoms with E-state index >= 15 is 0 Å². The molecule has 7 heteroatoms. The normalized spacial score (nSPS) is 11.9. The minimum Gasteiger partial charge on any atom is -0.449 e. The van der Waals surface area contributed by atoms with E-state index in [1.807, 2.05) is 53.9 Å². The molecule has 4 aromatic rings. The maximum Gasteiger partial charge on any atom is 0.375 e. The molecule has 0 spiro atoms. The zero-order chi connectivity index (χ0) is 19.5. The number of para-hydroxylation sites is 1. The van der Waals surface area contributed by atoms with Crippen LogP contribution >= 0.6 is 11.3 Å². The van der Waals surface area contributed by atoms with E-state index in [2.05, 4.69) is 10.3 Å². The molecule has 28 heavy (non-hydrogen) atoms. The van der Waals surface area contributed by atoms with Crippen molar-refractivity contribution in [3.05, 3.63) is 71.8 Å². The number of carbonyl (C=O) groups is 2. The first-order valence-electron chi connectivity index (χ1n) is 8.61. The molecule has 1 unspecified atom stereocenters. The number of aromatic nitrogens is 1. The molecule has 0 radical (unpaired) electrons. The molecule has 0 bridgehead atoms. The molecule has 1 N–H and O–H groups in total. The number of nitrogens with zero attached hydrogens (tertiary/aromatic N) is 1. The summed E-state index contributed by atoms with van der Waals surface area (Å²) in [6, 6.07) is 18.5. The van der Waals surface area contributed by atoms with Crippen LogP contribution in [-0.4, -0.2) is 23.0 Å². The highest BCUT2D eigenvalue weighted by Crippen LogP contribution is 2.25. The topological polar surface area (TPSA) is 81.4 Å². The van der Waals surface area contributed by atoms with Gasteiger partial charge in [0.05, 0.1) is 5.69 Å². The molecular weight excluding hydrogens is 376 g/mol. The van der Waals surface area contributed by atoms with Crippen LogP contribution in [0.3, 0.4) is 0 Å². The number of rotatable bonds is 5. The van der Waals surface area contributed by atoms with Crippen LogP contribution in [0.1, 0.15) is 17.5 Å².